The number of aryl methyl sites for hydroxylation is 1. The Labute approximate surface area is 198 Å². The van der Waals surface area contributed by atoms with Gasteiger partial charge in [0, 0.05) is 27.0 Å². The molecule has 31 heavy (non-hydrogen) atoms. The standard InChI is InChI=1S/C19H23IN6O3S2/c1-19(2,3)25-31(27,28)7-5-26-17-15(16(21)22-10-23-17)24-18(26)30-14-9-13-11(4-6-29-13)8-12(14)20/h8-10,25H,4-7H2,1-3H3,(H2,21,22,23). The molecule has 0 atom stereocenters. The van der Waals surface area contributed by atoms with Crippen molar-refractivity contribution in [2.75, 3.05) is 18.1 Å². The number of ether oxygens (including phenoxy) is 1. The van der Waals surface area contributed by atoms with Gasteiger partial charge in [0.2, 0.25) is 10.0 Å². The fraction of sp³-hybridized carbons (Fsp3) is 0.421. The highest BCUT2D eigenvalue weighted by Crippen LogP contribution is 2.38. The van der Waals surface area contributed by atoms with E-state index in [1.807, 2.05) is 26.8 Å². The number of imidazole rings is 1. The van der Waals surface area contributed by atoms with Gasteiger partial charge in [0.25, 0.3) is 0 Å². The molecule has 3 aromatic rings. The van der Waals surface area contributed by atoms with E-state index in [1.165, 1.54) is 23.7 Å². The van der Waals surface area contributed by atoms with E-state index in [2.05, 4.69) is 48.3 Å². The van der Waals surface area contributed by atoms with Gasteiger partial charge in [0.05, 0.1) is 12.4 Å². The minimum absolute atomic E-state index is 0.114. The van der Waals surface area contributed by atoms with Crippen molar-refractivity contribution >= 4 is 61.4 Å². The van der Waals surface area contributed by atoms with Crippen LogP contribution in [0, 0.1) is 3.57 Å². The summed E-state index contributed by atoms with van der Waals surface area (Å²) in [4.78, 5) is 13.9. The molecule has 0 spiro atoms. The molecule has 1 aliphatic rings. The van der Waals surface area contributed by atoms with Crippen molar-refractivity contribution in [2.24, 2.45) is 0 Å². The van der Waals surface area contributed by atoms with Gasteiger partial charge in [-0.25, -0.2) is 28.1 Å². The van der Waals surface area contributed by atoms with Crippen LogP contribution in [0.4, 0.5) is 5.82 Å². The number of hydrogen-bond donors (Lipinski definition) is 2. The third-order valence-corrected chi connectivity index (χ3v) is 8.47. The molecule has 4 rings (SSSR count). The Bertz CT molecular complexity index is 1250. The van der Waals surface area contributed by atoms with Crippen LogP contribution >= 0.6 is 34.4 Å². The molecule has 9 nitrogen and oxygen atoms in total. The lowest BCUT2D eigenvalue weighted by Gasteiger charge is -2.20. The van der Waals surface area contributed by atoms with Crippen LogP contribution in [0.25, 0.3) is 11.2 Å². The van der Waals surface area contributed by atoms with E-state index in [1.54, 1.807) is 4.57 Å². The van der Waals surface area contributed by atoms with Crippen molar-refractivity contribution < 1.29 is 13.2 Å². The van der Waals surface area contributed by atoms with E-state index in [-0.39, 0.29) is 18.1 Å². The minimum Gasteiger partial charge on any atom is -0.493 e. The highest BCUT2D eigenvalue weighted by molar-refractivity contribution is 14.1. The topological polar surface area (TPSA) is 125 Å². The Morgan fingerprint density at radius 1 is 1.32 bits per heavy atom. The van der Waals surface area contributed by atoms with Crippen LogP contribution in [0.15, 0.2) is 28.5 Å². The van der Waals surface area contributed by atoms with Gasteiger partial charge in [-0.2, -0.15) is 0 Å². The SMILES string of the molecule is CC(C)(C)NS(=O)(=O)CCn1c(Sc2cc3c(cc2I)CCO3)nc2c(N)ncnc21. The maximum atomic E-state index is 12.6. The Hall–Kier alpha value is -1.64. The number of rotatable bonds is 6. The van der Waals surface area contributed by atoms with Crippen LogP contribution in [0.5, 0.6) is 5.75 Å². The van der Waals surface area contributed by atoms with E-state index in [4.69, 9.17) is 10.5 Å². The van der Waals surface area contributed by atoms with Crippen molar-refractivity contribution in [3.8, 4) is 5.75 Å². The van der Waals surface area contributed by atoms with Crippen molar-refractivity contribution in [1.82, 2.24) is 24.2 Å². The average molecular weight is 574 g/mol. The van der Waals surface area contributed by atoms with Gasteiger partial charge in [-0.1, -0.05) is 11.8 Å². The van der Waals surface area contributed by atoms with Gasteiger partial charge in [0.1, 0.15) is 12.1 Å². The molecule has 2 aromatic heterocycles. The van der Waals surface area contributed by atoms with Crippen LogP contribution in [-0.4, -0.2) is 45.8 Å². The minimum atomic E-state index is -3.50. The summed E-state index contributed by atoms with van der Waals surface area (Å²) in [5.74, 6) is 1.02. The second-order valence-corrected chi connectivity index (χ2v) is 12.3. The predicted octanol–water partition coefficient (Wildman–Crippen LogP) is 2.82. The third-order valence-electron chi connectivity index (χ3n) is 4.52. The van der Waals surface area contributed by atoms with Crippen LogP contribution < -0.4 is 15.2 Å². The number of nitrogens with zero attached hydrogens (tertiary/aromatic N) is 4. The summed E-state index contributed by atoms with van der Waals surface area (Å²) in [5, 5.41) is 0.601. The van der Waals surface area contributed by atoms with Gasteiger partial charge in [-0.15, -0.1) is 0 Å². The van der Waals surface area contributed by atoms with Crippen molar-refractivity contribution in [2.45, 2.75) is 49.3 Å². The number of hydrogen-bond acceptors (Lipinski definition) is 8. The number of nitrogen functional groups attached to an aromatic ring is 1. The van der Waals surface area contributed by atoms with Crippen LogP contribution in [0.1, 0.15) is 26.3 Å². The van der Waals surface area contributed by atoms with Gasteiger partial charge in [-0.05, 0) is 61.1 Å². The second-order valence-electron chi connectivity index (χ2n) is 8.24. The molecule has 166 valence electrons. The highest BCUT2D eigenvalue weighted by Gasteiger charge is 2.23. The Balaban J connectivity index is 1.70. The van der Waals surface area contributed by atoms with Crippen LogP contribution in [0.2, 0.25) is 0 Å². The Morgan fingerprint density at radius 2 is 2.10 bits per heavy atom. The molecule has 0 radical (unpaired) electrons. The lowest BCUT2D eigenvalue weighted by Crippen LogP contribution is -2.42. The fourth-order valence-corrected chi connectivity index (χ4v) is 6.56. The zero-order chi connectivity index (χ0) is 22.4. The number of nitrogens with one attached hydrogen (secondary N) is 1. The van der Waals surface area contributed by atoms with E-state index in [9.17, 15) is 8.42 Å². The van der Waals surface area contributed by atoms with Gasteiger partial charge in [0.15, 0.2) is 22.1 Å². The van der Waals surface area contributed by atoms with Gasteiger partial charge >= 0.3 is 0 Å². The van der Waals surface area contributed by atoms with Crippen LogP contribution in [-0.2, 0) is 23.0 Å². The third kappa shape index (κ3) is 5.07. The summed E-state index contributed by atoms with van der Waals surface area (Å²) >= 11 is 3.73. The van der Waals surface area contributed by atoms with Gasteiger partial charge < -0.3 is 15.0 Å². The molecule has 12 heteroatoms. The van der Waals surface area contributed by atoms with E-state index >= 15 is 0 Å². The van der Waals surface area contributed by atoms with E-state index in [0.29, 0.717) is 22.9 Å². The average Bonchev–Trinajstić information content (AvgIpc) is 3.23. The number of sulfonamides is 1. The molecule has 3 N–H and O–H groups in total. The first-order chi connectivity index (χ1) is 14.5. The molecule has 1 aliphatic heterocycles. The van der Waals surface area contributed by atoms with Gasteiger partial charge in [-0.3, -0.25) is 0 Å². The molecule has 0 unspecified atom stereocenters. The molecular formula is C19H23IN6O3S2. The largest absolute Gasteiger partial charge is 0.493 e. The fourth-order valence-electron chi connectivity index (χ4n) is 3.30. The number of aromatic nitrogens is 4. The lowest BCUT2D eigenvalue weighted by atomic mass is 10.1. The molecule has 0 bridgehead atoms. The number of benzene rings is 1. The quantitative estimate of drug-likeness (QED) is 0.431. The number of halogens is 1. The molecule has 0 aliphatic carbocycles. The number of fused-ring (bicyclic) bond motifs is 2. The van der Waals surface area contributed by atoms with E-state index in [0.717, 1.165) is 20.6 Å². The second kappa shape index (κ2) is 8.37. The lowest BCUT2D eigenvalue weighted by molar-refractivity contribution is 0.356. The first-order valence-electron chi connectivity index (χ1n) is 9.64. The van der Waals surface area contributed by atoms with E-state index < -0.39 is 15.6 Å². The van der Waals surface area contributed by atoms with Crippen molar-refractivity contribution in [1.29, 1.82) is 0 Å². The first kappa shape index (κ1) is 22.6. The van der Waals surface area contributed by atoms with Crippen molar-refractivity contribution in [3.63, 3.8) is 0 Å². The molecule has 0 saturated carbocycles. The number of nitrogens with two attached hydrogens (primary N) is 1. The van der Waals surface area contributed by atoms with Crippen LogP contribution in [0.3, 0.4) is 0 Å². The molecule has 1 aromatic carbocycles. The molecule has 0 amide bonds. The van der Waals surface area contributed by atoms with Crippen molar-refractivity contribution in [3.05, 3.63) is 27.6 Å². The summed E-state index contributed by atoms with van der Waals surface area (Å²) in [6, 6.07) is 4.12. The molecule has 0 fully saturated rings. The summed E-state index contributed by atoms with van der Waals surface area (Å²) < 4.78 is 36.4. The summed E-state index contributed by atoms with van der Waals surface area (Å²) in [5.41, 5.74) is 7.61. The Morgan fingerprint density at radius 3 is 2.84 bits per heavy atom. The smallest absolute Gasteiger partial charge is 0.213 e. The molecule has 3 heterocycles. The highest BCUT2D eigenvalue weighted by atomic mass is 127. The maximum Gasteiger partial charge on any atom is 0.213 e. The normalized spacial score (nSPS) is 14.1. The molecular weight excluding hydrogens is 551 g/mol. The Kier molecular flexibility index (Phi) is 6.09. The summed E-state index contributed by atoms with van der Waals surface area (Å²) in [6.07, 6.45) is 2.26. The zero-order valence-corrected chi connectivity index (χ0v) is 21.1. The first-order valence-corrected chi connectivity index (χ1v) is 13.2. The summed E-state index contributed by atoms with van der Waals surface area (Å²) in [6.45, 7) is 6.29. The number of anilines is 1. The zero-order valence-electron chi connectivity index (χ0n) is 17.3. The monoisotopic (exact) mass is 574 g/mol. The maximum absolute atomic E-state index is 12.6. The predicted molar refractivity (Wildman–Crippen MR) is 129 cm³/mol. The summed E-state index contributed by atoms with van der Waals surface area (Å²) in [7, 11) is -3.50. The molecule has 0 saturated heterocycles.